The van der Waals surface area contributed by atoms with Gasteiger partial charge in [-0.25, -0.2) is 9.38 Å². The SMILES string of the molecule is CN1C(=O)CC(C)(c2cccc(-c3ccc(-c4ccccc4)c(F)c3)c2)N=C1N. The average molecular weight is 387 g/mol. The Morgan fingerprint density at radius 2 is 1.66 bits per heavy atom. The van der Waals surface area contributed by atoms with Crippen molar-refractivity contribution in [2.24, 2.45) is 10.7 Å². The van der Waals surface area contributed by atoms with Gasteiger partial charge >= 0.3 is 0 Å². The summed E-state index contributed by atoms with van der Waals surface area (Å²) in [5.41, 5.74) is 9.09. The van der Waals surface area contributed by atoms with Crippen LogP contribution in [0.1, 0.15) is 18.9 Å². The number of rotatable bonds is 3. The second kappa shape index (κ2) is 7.17. The molecule has 1 atom stereocenters. The molecule has 0 bridgehead atoms. The minimum absolute atomic E-state index is 0.0799. The van der Waals surface area contributed by atoms with Crippen molar-refractivity contribution in [3.63, 3.8) is 0 Å². The molecule has 0 aliphatic carbocycles. The molecule has 5 heteroatoms. The molecule has 1 aliphatic rings. The number of hydrogen-bond donors (Lipinski definition) is 1. The number of nitrogens with zero attached hydrogens (tertiary/aromatic N) is 2. The molecule has 1 amide bonds. The first-order chi connectivity index (χ1) is 13.9. The monoisotopic (exact) mass is 387 g/mol. The van der Waals surface area contributed by atoms with Crippen molar-refractivity contribution in [3.8, 4) is 22.3 Å². The van der Waals surface area contributed by atoms with Crippen LogP contribution in [0, 0.1) is 5.82 Å². The minimum atomic E-state index is -0.744. The van der Waals surface area contributed by atoms with Gasteiger partial charge < -0.3 is 5.73 Å². The van der Waals surface area contributed by atoms with Gasteiger partial charge in [-0.2, -0.15) is 0 Å². The van der Waals surface area contributed by atoms with Crippen molar-refractivity contribution in [3.05, 3.63) is 84.2 Å². The molecule has 1 heterocycles. The first kappa shape index (κ1) is 18.9. The summed E-state index contributed by atoms with van der Waals surface area (Å²) in [6.07, 6.45) is 0.231. The number of amides is 1. The van der Waals surface area contributed by atoms with E-state index in [1.165, 1.54) is 4.90 Å². The van der Waals surface area contributed by atoms with Crippen LogP contribution in [0.5, 0.6) is 0 Å². The Morgan fingerprint density at radius 3 is 2.34 bits per heavy atom. The lowest BCUT2D eigenvalue weighted by Gasteiger charge is -2.33. The van der Waals surface area contributed by atoms with E-state index >= 15 is 0 Å². The molecule has 0 fully saturated rings. The molecule has 3 aromatic rings. The van der Waals surface area contributed by atoms with E-state index < -0.39 is 5.54 Å². The second-order valence-electron chi connectivity index (χ2n) is 7.51. The van der Waals surface area contributed by atoms with Crippen molar-refractivity contribution < 1.29 is 9.18 Å². The Morgan fingerprint density at radius 1 is 0.966 bits per heavy atom. The lowest BCUT2D eigenvalue weighted by atomic mass is 9.86. The van der Waals surface area contributed by atoms with Crippen LogP contribution in [-0.2, 0) is 10.3 Å². The van der Waals surface area contributed by atoms with Crippen LogP contribution < -0.4 is 5.73 Å². The number of guanidine groups is 1. The van der Waals surface area contributed by atoms with Crippen LogP contribution in [-0.4, -0.2) is 23.8 Å². The standard InChI is InChI=1S/C24H22FN3O/c1-24(15-22(29)28(2)23(26)27-24)19-10-6-9-17(13-19)18-11-12-20(21(25)14-18)16-7-4-3-5-8-16/h3-14H,15H2,1-2H3,(H2,26,27). The van der Waals surface area contributed by atoms with Crippen LogP contribution in [0.3, 0.4) is 0 Å². The van der Waals surface area contributed by atoms with Gasteiger partial charge in [0.15, 0.2) is 5.96 Å². The Hall–Kier alpha value is -3.47. The Labute approximate surface area is 169 Å². The molecular formula is C24H22FN3O. The third-order valence-electron chi connectivity index (χ3n) is 5.45. The lowest BCUT2D eigenvalue weighted by molar-refractivity contribution is -0.128. The van der Waals surface area contributed by atoms with E-state index in [0.717, 1.165) is 22.3 Å². The van der Waals surface area contributed by atoms with Gasteiger partial charge in [0.05, 0.1) is 12.0 Å². The summed E-state index contributed by atoms with van der Waals surface area (Å²) in [7, 11) is 1.62. The van der Waals surface area contributed by atoms with Crippen molar-refractivity contribution >= 4 is 11.9 Å². The minimum Gasteiger partial charge on any atom is -0.369 e. The summed E-state index contributed by atoms with van der Waals surface area (Å²) in [5.74, 6) is -0.155. The summed E-state index contributed by atoms with van der Waals surface area (Å²) >= 11 is 0. The maximum Gasteiger partial charge on any atom is 0.231 e. The first-order valence-electron chi connectivity index (χ1n) is 9.45. The van der Waals surface area contributed by atoms with Crippen molar-refractivity contribution in [2.45, 2.75) is 18.9 Å². The summed E-state index contributed by atoms with van der Waals surface area (Å²) in [6, 6.07) is 22.4. The van der Waals surface area contributed by atoms with Gasteiger partial charge in [-0.15, -0.1) is 0 Å². The fourth-order valence-electron chi connectivity index (χ4n) is 3.66. The first-order valence-corrected chi connectivity index (χ1v) is 9.45. The molecule has 1 aliphatic heterocycles. The smallest absolute Gasteiger partial charge is 0.231 e. The number of aliphatic imine (C=N–C) groups is 1. The lowest BCUT2D eigenvalue weighted by Crippen LogP contribution is -2.47. The molecule has 29 heavy (non-hydrogen) atoms. The van der Waals surface area contributed by atoms with Gasteiger partial charge in [0, 0.05) is 12.6 Å². The van der Waals surface area contributed by atoms with E-state index in [1.807, 2.05) is 67.6 Å². The van der Waals surface area contributed by atoms with Crippen LogP contribution in [0.4, 0.5) is 4.39 Å². The van der Waals surface area contributed by atoms with Crippen LogP contribution >= 0.6 is 0 Å². The quantitative estimate of drug-likeness (QED) is 0.717. The van der Waals surface area contributed by atoms with Gasteiger partial charge in [-0.3, -0.25) is 9.69 Å². The van der Waals surface area contributed by atoms with Gasteiger partial charge in [0.2, 0.25) is 5.91 Å². The van der Waals surface area contributed by atoms with E-state index in [-0.39, 0.29) is 24.1 Å². The summed E-state index contributed by atoms with van der Waals surface area (Å²) < 4.78 is 14.8. The fraction of sp³-hybridized carbons (Fsp3) is 0.167. The molecular weight excluding hydrogens is 365 g/mol. The molecule has 0 saturated heterocycles. The normalized spacial score (nSPS) is 19.2. The second-order valence-corrected chi connectivity index (χ2v) is 7.51. The molecule has 1 unspecified atom stereocenters. The average Bonchev–Trinajstić information content (AvgIpc) is 2.72. The molecule has 2 N–H and O–H groups in total. The maximum atomic E-state index is 14.8. The zero-order valence-corrected chi connectivity index (χ0v) is 16.4. The molecule has 146 valence electrons. The van der Waals surface area contributed by atoms with E-state index in [9.17, 15) is 9.18 Å². The fourth-order valence-corrected chi connectivity index (χ4v) is 3.66. The topological polar surface area (TPSA) is 58.7 Å². The summed E-state index contributed by atoms with van der Waals surface area (Å²) in [6.45, 7) is 1.89. The summed E-state index contributed by atoms with van der Waals surface area (Å²) in [4.78, 5) is 18.2. The van der Waals surface area contributed by atoms with Gasteiger partial charge in [-0.05, 0) is 41.3 Å². The third-order valence-corrected chi connectivity index (χ3v) is 5.45. The van der Waals surface area contributed by atoms with Crippen molar-refractivity contribution in [1.82, 2.24) is 4.90 Å². The van der Waals surface area contributed by atoms with Gasteiger partial charge in [0.1, 0.15) is 5.82 Å². The predicted octanol–water partition coefficient (Wildman–Crippen LogP) is 4.55. The number of nitrogens with two attached hydrogens (primary N) is 1. The number of carbonyl (C=O) groups excluding carboxylic acids is 1. The van der Waals surface area contributed by atoms with E-state index in [1.54, 1.807) is 19.2 Å². The van der Waals surface area contributed by atoms with Crippen LogP contribution in [0.2, 0.25) is 0 Å². The highest BCUT2D eigenvalue weighted by atomic mass is 19.1. The van der Waals surface area contributed by atoms with Crippen LogP contribution in [0.25, 0.3) is 22.3 Å². The van der Waals surface area contributed by atoms with E-state index in [4.69, 9.17) is 5.73 Å². The highest BCUT2D eigenvalue weighted by Gasteiger charge is 2.36. The maximum absolute atomic E-state index is 14.8. The van der Waals surface area contributed by atoms with Crippen molar-refractivity contribution in [1.29, 1.82) is 0 Å². The van der Waals surface area contributed by atoms with E-state index in [0.29, 0.717) is 5.56 Å². The predicted molar refractivity (Wildman–Crippen MR) is 114 cm³/mol. The molecule has 0 radical (unpaired) electrons. The number of halogens is 1. The zero-order chi connectivity index (χ0) is 20.6. The Kier molecular flexibility index (Phi) is 4.66. The molecule has 0 aromatic heterocycles. The van der Waals surface area contributed by atoms with Gasteiger partial charge in [0.25, 0.3) is 0 Å². The number of benzene rings is 3. The largest absolute Gasteiger partial charge is 0.369 e. The molecule has 0 spiro atoms. The zero-order valence-electron chi connectivity index (χ0n) is 16.4. The highest BCUT2D eigenvalue weighted by Crippen LogP contribution is 2.35. The third kappa shape index (κ3) is 3.51. The molecule has 4 nitrogen and oxygen atoms in total. The van der Waals surface area contributed by atoms with Gasteiger partial charge in [-0.1, -0.05) is 60.7 Å². The number of carbonyl (C=O) groups is 1. The van der Waals surface area contributed by atoms with Crippen LogP contribution in [0.15, 0.2) is 77.8 Å². The van der Waals surface area contributed by atoms with Crippen molar-refractivity contribution in [2.75, 3.05) is 7.05 Å². The molecule has 0 saturated carbocycles. The highest BCUT2D eigenvalue weighted by molar-refractivity contribution is 5.98. The number of hydrogen-bond acceptors (Lipinski definition) is 3. The Bertz CT molecular complexity index is 1110. The summed E-state index contributed by atoms with van der Waals surface area (Å²) in [5, 5.41) is 0. The molecule has 3 aromatic carbocycles. The Balaban J connectivity index is 1.71. The van der Waals surface area contributed by atoms with E-state index in [2.05, 4.69) is 4.99 Å². The molecule has 4 rings (SSSR count).